The summed E-state index contributed by atoms with van der Waals surface area (Å²) >= 11 is 0. The Hall–Kier alpha value is -8.66. The Kier molecular flexibility index (Phi) is 5.93. The second-order valence-corrected chi connectivity index (χ2v) is 22.7. The van der Waals surface area contributed by atoms with Crippen molar-refractivity contribution in [3.8, 4) is 22.3 Å². The van der Waals surface area contributed by atoms with Gasteiger partial charge in [0.1, 0.15) is 0 Å². The van der Waals surface area contributed by atoms with Gasteiger partial charge in [0, 0.05) is 61.3 Å². The van der Waals surface area contributed by atoms with E-state index in [4.69, 9.17) is 0 Å². The Morgan fingerprint density at radius 2 is 0.849 bits per heavy atom. The number of fused-ring (bicyclic) bond motifs is 30. The van der Waals surface area contributed by atoms with Gasteiger partial charge in [0.25, 0.3) is 0 Å². The first-order valence-corrected chi connectivity index (χ1v) is 26.2. The molecule has 8 aliphatic rings. The van der Waals surface area contributed by atoms with Crippen LogP contribution in [0.3, 0.4) is 0 Å². The molecule has 3 nitrogen and oxygen atoms in total. The smallest absolute Gasteiger partial charge is 0.171 e. The maximum absolute atomic E-state index is 15.7. The molecule has 73 heavy (non-hydrogen) atoms. The van der Waals surface area contributed by atoms with Gasteiger partial charge in [-0.25, -0.2) is 0 Å². The molecule has 2 aromatic heterocycles. The van der Waals surface area contributed by atoms with Crippen molar-refractivity contribution in [2.45, 2.75) is 46.3 Å². The molecule has 0 aliphatic heterocycles. The molecule has 20 rings (SSSR count). The van der Waals surface area contributed by atoms with Crippen molar-refractivity contribution < 1.29 is 9.59 Å². The van der Waals surface area contributed by atoms with E-state index in [2.05, 4.69) is 205 Å². The summed E-state index contributed by atoms with van der Waals surface area (Å²) in [5, 5.41) is 4.76. The van der Waals surface area contributed by atoms with Gasteiger partial charge < -0.3 is 4.40 Å². The van der Waals surface area contributed by atoms with Crippen molar-refractivity contribution in [2.24, 2.45) is 0 Å². The van der Waals surface area contributed by atoms with Crippen LogP contribution in [0.15, 0.2) is 200 Å². The summed E-state index contributed by atoms with van der Waals surface area (Å²) in [7, 11) is 0. The van der Waals surface area contributed by atoms with Crippen molar-refractivity contribution in [3.05, 3.63) is 289 Å². The lowest BCUT2D eigenvalue weighted by Gasteiger charge is -2.64. The van der Waals surface area contributed by atoms with Crippen molar-refractivity contribution in [2.75, 3.05) is 0 Å². The van der Waals surface area contributed by atoms with E-state index in [1.165, 1.54) is 111 Å². The minimum absolute atomic E-state index is 0.0491. The average Bonchev–Trinajstić information content (AvgIpc) is 4.34. The highest BCUT2D eigenvalue weighted by Gasteiger charge is 2.69. The van der Waals surface area contributed by atoms with Crippen LogP contribution >= 0.6 is 0 Å². The minimum Gasteiger partial charge on any atom is -0.308 e. The summed E-state index contributed by atoms with van der Waals surface area (Å²) in [5.74, 6) is 0.0846. The Morgan fingerprint density at radius 1 is 0.370 bits per heavy atom. The van der Waals surface area contributed by atoms with E-state index in [9.17, 15) is 0 Å². The largest absolute Gasteiger partial charge is 0.308 e. The molecular weight excluding hydrogens is 887 g/mol. The molecule has 0 amide bonds. The van der Waals surface area contributed by atoms with E-state index in [-0.39, 0.29) is 46.1 Å². The standard InChI is InChI=1S/C70H39NO2/c72-66-46-32-58-42(29-43(46)62-39-19-5-9-23-51(39)68(62)34-49(66)37-17-1-8-22-50(37)68)45-31-57-60(38-18-4-12-26-54(38)69(57)52-24-10-2-15-35(52)36-16-3-11-25-53(36)69)61-48-30-44-47(33-59(48)71(58)65(45)61)67(73)64-41-21-7-14-28-56(41)70(64)55-27-13-6-20-40(55)63(44)70/h1-33,49,62-64H,34H2. The van der Waals surface area contributed by atoms with Crippen LogP contribution in [0.4, 0.5) is 0 Å². The number of aromatic nitrogens is 1. The molecule has 3 heteroatoms. The first-order chi connectivity index (χ1) is 36.1. The number of nitrogens with zero attached hydrogens (tertiary/aromatic N) is 1. The van der Waals surface area contributed by atoms with Crippen LogP contribution in [-0.4, -0.2) is 16.0 Å². The van der Waals surface area contributed by atoms with Crippen LogP contribution in [0.1, 0.15) is 129 Å². The quantitative estimate of drug-likeness (QED) is 0.152. The average molecular weight is 926 g/mol. The van der Waals surface area contributed by atoms with Crippen LogP contribution in [-0.2, 0) is 16.2 Å². The number of carbonyl (C=O) groups excluding carboxylic acids is 2. The van der Waals surface area contributed by atoms with E-state index >= 15 is 9.59 Å². The predicted molar refractivity (Wildman–Crippen MR) is 287 cm³/mol. The monoisotopic (exact) mass is 925 g/mol. The van der Waals surface area contributed by atoms with Crippen molar-refractivity contribution >= 4 is 49.7 Å². The lowest BCUT2D eigenvalue weighted by atomic mass is 9.36. The van der Waals surface area contributed by atoms with Gasteiger partial charge in [-0.15, -0.1) is 0 Å². The topological polar surface area (TPSA) is 38.5 Å². The van der Waals surface area contributed by atoms with Crippen molar-refractivity contribution in [3.63, 3.8) is 0 Å². The van der Waals surface area contributed by atoms with E-state index < -0.39 is 5.41 Å². The number of hydrogen-bond acceptors (Lipinski definition) is 2. The predicted octanol–water partition coefficient (Wildman–Crippen LogP) is 15.0. The molecule has 8 aliphatic carbocycles. The third-order valence-corrected chi connectivity index (χ3v) is 20.5. The summed E-state index contributed by atoms with van der Waals surface area (Å²) in [6, 6.07) is 74.8. The molecule has 6 atom stereocenters. The number of rotatable bonds is 0. The molecule has 0 fully saturated rings. The van der Waals surface area contributed by atoms with Crippen LogP contribution in [0.25, 0.3) is 60.3 Å². The zero-order valence-electron chi connectivity index (χ0n) is 39.3. The first-order valence-electron chi connectivity index (χ1n) is 26.2. The number of ketones is 2. The lowest BCUT2D eigenvalue weighted by molar-refractivity contribution is 0.0846. The molecule has 0 saturated heterocycles. The van der Waals surface area contributed by atoms with Gasteiger partial charge in [-0.2, -0.15) is 0 Å². The van der Waals surface area contributed by atoms with Gasteiger partial charge >= 0.3 is 0 Å². The van der Waals surface area contributed by atoms with E-state index in [0.717, 1.165) is 45.1 Å². The first kappa shape index (κ1) is 37.2. The molecule has 10 aromatic carbocycles. The second-order valence-electron chi connectivity index (χ2n) is 22.7. The number of Topliss-reactive ketones (excluding diaryl/α,β-unsaturated/α-hetero) is 2. The highest BCUT2D eigenvalue weighted by atomic mass is 16.1. The van der Waals surface area contributed by atoms with Crippen molar-refractivity contribution in [1.82, 2.24) is 4.40 Å². The summed E-state index contributed by atoms with van der Waals surface area (Å²) in [5.41, 5.74) is 26.6. The van der Waals surface area contributed by atoms with Crippen LogP contribution in [0.5, 0.6) is 0 Å². The third kappa shape index (κ3) is 3.54. The Balaban J connectivity index is 0.967. The fraction of sp³-hybridized carbons (Fsp3) is 0.114. The van der Waals surface area contributed by atoms with Crippen LogP contribution < -0.4 is 0 Å². The highest BCUT2D eigenvalue weighted by Crippen LogP contribution is 2.75. The maximum atomic E-state index is 15.7. The Labute approximate surface area is 419 Å². The highest BCUT2D eigenvalue weighted by molar-refractivity contribution is 6.30. The summed E-state index contributed by atoms with van der Waals surface area (Å²) in [6.45, 7) is 0. The molecule has 3 spiro atoms. The molecule has 2 heterocycles. The summed E-state index contributed by atoms with van der Waals surface area (Å²) < 4.78 is 2.48. The minimum atomic E-state index is -0.563. The van der Waals surface area contributed by atoms with Gasteiger partial charge in [-0.3, -0.25) is 9.59 Å². The van der Waals surface area contributed by atoms with Crippen LogP contribution in [0, 0.1) is 0 Å². The summed E-state index contributed by atoms with van der Waals surface area (Å²) in [4.78, 5) is 31.3. The maximum Gasteiger partial charge on any atom is 0.171 e. The van der Waals surface area contributed by atoms with Crippen molar-refractivity contribution in [1.29, 1.82) is 0 Å². The fourth-order valence-electron chi connectivity index (χ4n) is 18.3. The number of carbonyl (C=O) groups is 2. The summed E-state index contributed by atoms with van der Waals surface area (Å²) in [6.07, 6.45) is 0.789. The number of benzene rings is 10. The molecule has 336 valence electrons. The van der Waals surface area contributed by atoms with Gasteiger partial charge in [-0.05, 0) is 137 Å². The molecule has 2 bridgehead atoms. The second kappa shape index (κ2) is 11.7. The van der Waals surface area contributed by atoms with Gasteiger partial charge in [-0.1, -0.05) is 170 Å². The molecule has 0 radical (unpaired) electrons. The Morgan fingerprint density at radius 3 is 1.52 bits per heavy atom. The third-order valence-electron chi connectivity index (χ3n) is 20.5. The normalized spacial score (nSPS) is 24.4. The molecule has 6 unspecified atom stereocenters. The van der Waals surface area contributed by atoms with Crippen LogP contribution in [0.2, 0.25) is 0 Å². The fourth-order valence-corrected chi connectivity index (χ4v) is 18.3. The molecule has 12 aromatic rings. The zero-order valence-corrected chi connectivity index (χ0v) is 39.3. The van der Waals surface area contributed by atoms with Gasteiger partial charge in [0.15, 0.2) is 11.6 Å². The number of hydrogen-bond donors (Lipinski definition) is 0. The SMILES string of the molecule is O=C1c2cc3c(cc2C2c4ccccc4C24CC1c1ccccc14)c1cc2c(c4c5cc6c(cc5n3c14)C(=O)C1c3ccccc3C13c1ccccc1C63)-c1ccccc1C21c2ccccc2-c2ccccc21. The van der Waals surface area contributed by atoms with E-state index in [0.29, 0.717) is 0 Å². The molecule has 0 N–H and O–H groups in total. The van der Waals surface area contributed by atoms with Gasteiger partial charge in [0.2, 0.25) is 0 Å². The van der Waals surface area contributed by atoms with E-state index in [1.54, 1.807) is 0 Å². The van der Waals surface area contributed by atoms with Gasteiger partial charge in [0.05, 0.1) is 27.9 Å². The lowest BCUT2D eigenvalue weighted by Crippen LogP contribution is -2.61. The molecular formula is C70H39NO2. The Bertz CT molecular complexity index is 4710. The zero-order chi connectivity index (χ0) is 47.2. The van der Waals surface area contributed by atoms with E-state index in [1.807, 2.05) is 0 Å². The molecule has 0 saturated carbocycles.